The number of halogens is 1. The Balaban J connectivity index is 1.88. The van der Waals surface area contributed by atoms with E-state index in [9.17, 15) is 13.2 Å². The minimum atomic E-state index is -4.27. The molecule has 2 unspecified atom stereocenters. The predicted molar refractivity (Wildman–Crippen MR) is 108 cm³/mol. The summed E-state index contributed by atoms with van der Waals surface area (Å²) in [6, 6.07) is 20.9. The Bertz CT molecular complexity index is 1110. The maximum Gasteiger partial charge on any atom is 0.322 e. The number of ketones is 1. The van der Waals surface area contributed by atoms with Crippen LogP contribution in [0.2, 0.25) is 5.02 Å². The van der Waals surface area contributed by atoms with Gasteiger partial charge in [-0.1, -0.05) is 66.2 Å². The minimum absolute atomic E-state index is 0.157. The van der Waals surface area contributed by atoms with Crippen LogP contribution in [-0.4, -0.2) is 19.5 Å². The van der Waals surface area contributed by atoms with Gasteiger partial charge in [-0.25, -0.2) is 0 Å². The standard InChI is InChI=1S/C21H16ClNO4S/c22-16-12-10-14(11-13-16)19-21(20(24)15-6-2-1-3-7-15)28(25,26)27-18-9-5-4-8-17(18)23-19/h1-13,19,21,23H. The van der Waals surface area contributed by atoms with E-state index in [1.165, 1.54) is 0 Å². The zero-order valence-corrected chi connectivity index (χ0v) is 16.2. The Morgan fingerprint density at radius 1 is 0.893 bits per heavy atom. The second-order valence-corrected chi connectivity index (χ2v) is 8.49. The van der Waals surface area contributed by atoms with Crippen LogP contribution in [-0.2, 0) is 10.1 Å². The lowest BCUT2D eigenvalue weighted by Crippen LogP contribution is -2.40. The van der Waals surface area contributed by atoms with Crippen molar-refractivity contribution >= 4 is 33.2 Å². The molecule has 1 aliphatic rings. The average Bonchev–Trinajstić information content (AvgIpc) is 2.81. The molecule has 0 saturated heterocycles. The highest BCUT2D eigenvalue weighted by molar-refractivity contribution is 7.88. The number of carbonyl (C=O) groups is 1. The van der Waals surface area contributed by atoms with Gasteiger partial charge in [0.15, 0.2) is 16.8 Å². The summed E-state index contributed by atoms with van der Waals surface area (Å²) >= 11 is 5.98. The van der Waals surface area contributed by atoms with Gasteiger partial charge in [0, 0.05) is 10.6 Å². The van der Waals surface area contributed by atoms with Gasteiger partial charge < -0.3 is 9.50 Å². The molecule has 3 aromatic rings. The molecule has 1 N–H and O–H groups in total. The lowest BCUT2D eigenvalue weighted by atomic mass is 9.97. The molecule has 0 radical (unpaired) electrons. The van der Waals surface area contributed by atoms with Crippen LogP contribution in [0.5, 0.6) is 5.75 Å². The van der Waals surface area contributed by atoms with E-state index in [0.717, 1.165) is 0 Å². The van der Waals surface area contributed by atoms with Crippen LogP contribution in [0.1, 0.15) is 22.0 Å². The zero-order chi connectivity index (χ0) is 19.7. The molecule has 0 bridgehead atoms. The molecule has 142 valence electrons. The molecule has 28 heavy (non-hydrogen) atoms. The van der Waals surface area contributed by atoms with Gasteiger partial charge in [-0.15, -0.1) is 0 Å². The predicted octanol–water partition coefficient (Wildman–Crippen LogP) is 4.47. The van der Waals surface area contributed by atoms with Gasteiger partial charge >= 0.3 is 10.1 Å². The summed E-state index contributed by atoms with van der Waals surface area (Å²) < 4.78 is 31.6. The number of hydrogen-bond donors (Lipinski definition) is 1. The van der Waals surface area contributed by atoms with Crippen LogP contribution in [0.15, 0.2) is 78.9 Å². The fourth-order valence-electron chi connectivity index (χ4n) is 3.22. The second kappa shape index (κ2) is 7.30. The topological polar surface area (TPSA) is 72.5 Å². The van der Waals surface area contributed by atoms with Gasteiger partial charge in [-0.2, -0.15) is 8.42 Å². The van der Waals surface area contributed by atoms with Gasteiger partial charge in [0.05, 0.1) is 11.7 Å². The summed E-state index contributed by atoms with van der Waals surface area (Å²) in [5.74, 6) is -0.384. The molecular formula is C21H16ClNO4S. The number of benzene rings is 3. The first-order valence-corrected chi connectivity index (χ1v) is 10.4. The van der Waals surface area contributed by atoms with E-state index in [0.29, 0.717) is 21.8 Å². The largest absolute Gasteiger partial charge is 0.380 e. The van der Waals surface area contributed by atoms with Crippen molar-refractivity contribution < 1.29 is 17.4 Å². The Morgan fingerprint density at radius 2 is 1.54 bits per heavy atom. The molecule has 0 aromatic heterocycles. The third-order valence-electron chi connectivity index (χ3n) is 4.56. The summed E-state index contributed by atoms with van der Waals surface area (Å²) in [5, 5.41) is 2.23. The molecule has 0 spiro atoms. The van der Waals surface area contributed by atoms with Crippen LogP contribution >= 0.6 is 11.6 Å². The molecule has 1 heterocycles. The van der Waals surface area contributed by atoms with Crippen LogP contribution in [0.4, 0.5) is 5.69 Å². The third-order valence-corrected chi connectivity index (χ3v) is 6.34. The van der Waals surface area contributed by atoms with Crippen LogP contribution in [0, 0.1) is 0 Å². The molecule has 0 fully saturated rings. The summed E-state index contributed by atoms with van der Waals surface area (Å²) in [7, 11) is -4.27. The van der Waals surface area contributed by atoms with E-state index in [2.05, 4.69) is 5.32 Å². The highest BCUT2D eigenvalue weighted by atomic mass is 35.5. The zero-order valence-electron chi connectivity index (χ0n) is 14.6. The molecule has 4 rings (SSSR count). The fourth-order valence-corrected chi connectivity index (χ4v) is 4.80. The summed E-state index contributed by atoms with van der Waals surface area (Å²) in [6.07, 6.45) is 0. The van der Waals surface area contributed by atoms with Crippen molar-refractivity contribution in [2.45, 2.75) is 11.3 Å². The number of Topliss-reactive ketones (excluding diaryl/α,β-unsaturated/α-hetero) is 1. The van der Waals surface area contributed by atoms with E-state index >= 15 is 0 Å². The van der Waals surface area contributed by atoms with Gasteiger partial charge in [0.1, 0.15) is 0 Å². The molecule has 0 amide bonds. The fraction of sp³-hybridized carbons (Fsp3) is 0.0952. The first-order valence-electron chi connectivity index (χ1n) is 8.59. The van der Waals surface area contributed by atoms with E-state index < -0.39 is 27.2 Å². The van der Waals surface area contributed by atoms with E-state index in [1.807, 2.05) is 0 Å². The molecule has 5 nitrogen and oxygen atoms in total. The number of nitrogens with one attached hydrogen (secondary N) is 1. The van der Waals surface area contributed by atoms with Gasteiger partial charge in [-0.3, -0.25) is 4.79 Å². The summed E-state index contributed by atoms with van der Waals surface area (Å²) in [4.78, 5) is 13.2. The Hall–Kier alpha value is -2.83. The maximum atomic E-state index is 13.2. The summed E-state index contributed by atoms with van der Waals surface area (Å²) in [6.45, 7) is 0. The van der Waals surface area contributed by atoms with E-state index in [1.54, 1.807) is 78.9 Å². The highest BCUT2D eigenvalue weighted by Gasteiger charge is 2.45. The number of carbonyl (C=O) groups excluding carboxylic acids is 1. The maximum absolute atomic E-state index is 13.2. The van der Waals surface area contributed by atoms with Crippen LogP contribution in [0.25, 0.3) is 0 Å². The molecule has 1 aliphatic heterocycles. The number of fused-ring (bicyclic) bond motifs is 1. The Morgan fingerprint density at radius 3 is 2.25 bits per heavy atom. The number of rotatable bonds is 3. The number of para-hydroxylation sites is 2. The number of hydrogen-bond acceptors (Lipinski definition) is 5. The van der Waals surface area contributed by atoms with E-state index in [4.69, 9.17) is 15.8 Å². The SMILES string of the molecule is O=C(c1ccccc1)C1C(c2ccc(Cl)cc2)Nc2ccccc2OS1(=O)=O. The second-order valence-electron chi connectivity index (χ2n) is 6.40. The first-order chi connectivity index (χ1) is 13.5. The minimum Gasteiger partial charge on any atom is -0.380 e. The molecule has 2 atom stereocenters. The Kier molecular flexibility index (Phi) is 4.83. The highest BCUT2D eigenvalue weighted by Crippen LogP contribution is 2.38. The average molecular weight is 414 g/mol. The number of anilines is 1. The third kappa shape index (κ3) is 3.48. The first kappa shape index (κ1) is 18.5. The summed E-state index contributed by atoms with van der Waals surface area (Å²) in [5.41, 5.74) is 1.41. The Labute approximate surface area is 168 Å². The van der Waals surface area contributed by atoms with Crippen LogP contribution in [0.3, 0.4) is 0 Å². The van der Waals surface area contributed by atoms with Gasteiger partial charge in [-0.05, 0) is 29.8 Å². The molecule has 3 aromatic carbocycles. The lowest BCUT2D eigenvalue weighted by Gasteiger charge is -2.24. The van der Waals surface area contributed by atoms with Gasteiger partial charge in [0.25, 0.3) is 0 Å². The van der Waals surface area contributed by atoms with Crippen molar-refractivity contribution in [3.8, 4) is 5.75 Å². The van der Waals surface area contributed by atoms with Crippen molar-refractivity contribution in [1.82, 2.24) is 0 Å². The van der Waals surface area contributed by atoms with Crippen LogP contribution < -0.4 is 9.50 Å². The molecule has 0 aliphatic carbocycles. The normalized spacial score (nSPS) is 20.2. The molecule has 0 saturated carbocycles. The van der Waals surface area contributed by atoms with Crippen molar-refractivity contribution in [1.29, 1.82) is 0 Å². The quantitative estimate of drug-likeness (QED) is 0.506. The smallest absolute Gasteiger partial charge is 0.322 e. The van der Waals surface area contributed by atoms with Gasteiger partial charge in [0.2, 0.25) is 0 Å². The lowest BCUT2D eigenvalue weighted by molar-refractivity contribution is 0.0978. The van der Waals surface area contributed by atoms with E-state index in [-0.39, 0.29) is 5.75 Å². The molecule has 7 heteroatoms. The molecular weight excluding hydrogens is 398 g/mol. The van der Waals surface area contributed by atoms with Crippen molar-refractivity contribution in [3.05, 3.63) is 95.0 Å². The van der Waals surface area contributed by atoms with Crippen molar-refractivity contribution in [2.75, 3.05) is 5.32 Å². The van der Waals surface area contributed by atoms with Crippen molar-refractivity contribution in [3.63, 3.8) is 0 Å². The monoisotopic (exact) mass is 413 g/mol. The van der Waals surface area contributed by atoms with Crippen molar-refractivity contribution in [2.24, 2.45) is 0 Å².